The summed E-state index contributed by atoms with van der Waals surface area (Å²) in [6, 6.07) is 0. The molecular weight excluding hydrogens is 324 g/mol. The molecule has 1 aliphatic rings. The minimum atomic E-state index is -0.500. The molecule has 0 aromatic carbocycles. The summed E-state index contributed by atoms with van der Waals surface area (Å²) in [5, 5.41) is 25.6. The van der Waals surface area contributed by atoms with Gasteiger partial charge in [0.05, 0.1) is 16.8 Å². The second kappa shape index (κ2) is 16.1. The van der Waals surface area contributed by atoms with Crippen LogP contribution >= 0.6 is 0 Å². The second-order valence-corrected chi connectivity index (χ2v) is 8.90. The van der Waals surface area contributed by atoms with Crippen molar-refractivity contribution in [3.05, 3.63) is 7.43 Å². The summed E-state index contributed by atoms with van der Waals surface area (Å²) >= 11 is 0. The van der Waals surface area contributed by atoms with E-state index in [1.54, 1.807) is 62.3 Å². The van der Waals surface area contributed by atoms with Crippen molar-refractivity contribution in [2.24, 2.45) is 5.92 Å². The third kappa shape index (κ3) is 166. The summed E-state index contributed by atoms with van der Waals surface area (Å²) in [5.41, 5.74) is -1.50. The zero-order valence-corrected chi connectivity index (χ0v) is 19.3. The Hall–Kier alpha value is 0.594. The van der Waals surface area contributed by atoms with Gasteiger partial charge in [0.15, 0.2) is 0 Å². The molecule has 0 aliphatic heterocycles. The zero-order valence-electron chi connectivity index (χ0n) is 17.7. The van der Waals surface area contributed by atoms with Crippen LogP contribution in [0.1, 0.15) is 94.9 Å². The molecule has 0 unspecified atom stereocenters. The van der Waals surface area contributed by atoms with Gasteiger partial charge in [0.25, 0.3) is 0 Å². The normalized spacial score (nSPS) is 14.5. The average molecular weight is 369 g/mol. The van der Waals surface area contributed by atoms with Crippen molar-refractivity contribution >= 4 is 0 Å². The molecule has 1 rings (SSSR count). The molecule has 3 nitrogen and oxygen atoms in total. The van der Waals surface area contributed by atoms with E-state index in [-0.39, 0.29) is 29.1 Å². The minimum Gasteiger partial charge on any atom is -0.391 e. The Bertz CT molecular complexity index is 170. The standard InChI is InChI=1S/C6H12.3C4H10O.CH3.Ti/c1-6-4-2-3-5-6;3*1-4(2,3)5;;/h6H,2-5H2,1H3;3*5H,1-3H3;1H3;/q;;;;-1;. The van der Waals surface area contributed by atoms with Crippen molar-refractivity contribution < 1.29 is 37.0 Å². The van der Waals surface area contributed by atoms with Gasteiger partial charge in [0, 0.05) is 21.7 Å². The topological polar surface area (TPSA) is 60.7 Å². The largest absolute Gasteiger partial charge is 0.391 e. The van der Waals surface area contributed by atoms with E-state index in [4.69, 9.17) is 15.3 Å². The van der Waals surface area contributed by atoms with Gasteiger partial charge in [0.1, 0.15) is 0 Å². The summed E-state index contributed by atoms with van der Waals surface area (Å²) in [6.45, 7) is 18.0. The summed E-state index contributed by atoms with van der Waals surface area (Å²) in [5.74, 6) is 1.05. The van der Waals surface area contributed by atoms with Crippen LogP contribution in [0, 0.1) is 13.3 Å². The van der Waals surface area contributed by atoms with Crippen molar-refractivity contribution in [3.63, 3.8) is 0 Å². The minimum absolute atomic E-state index is 0. The van der Waals surface area contributed by atoms with Crippen molar-refractivity contribution in [2.45, 2.75) is 112 Å². The Morgan fingerprint density at radius 2 is 0.739 bits per heavy atom. The second-order valence-electron chi connectivity index (χ2n) is 8.90. The molecule has 1 saturated carbocycles. The molecule has 1 aliphatic carbocycles. The van der Waals surface area contributed by atoms with Gasteiger partial charge in [-0.1, -0.05) is 32.6 Å². The molecule has 23 heavy (non-hydrogen) atoms. The molecule has 0 aromatic rings. The first kappa shape index (κ1) is 34.8. The molecule has 0 bridgehead atoms. The molecule has 1 fully saturated rings. The van der Waals surface area contributed by atoms with Crippen LogP contribution in [0.25, 0.3) is 0 Å². The van der Waals surface area contributed by atoms with E-state index in [0.717, 1.165) is 5.92 Å². The molecule has 0 atom stereocenters. The molecule has 0 heterocycles. The van der Waals surface area contributed by atoms with Gasteiger partial charge >= 0.3 is 0 Å². The van der Waals surface area contributed by atoms with Crippen LogP contribution in [0.3, 0.4) is 0 Å². The number of rotatable bonds is 0. The summed E-state index contributed by atoms with van der Waals surface area (Å²) in [6.07, 6.45) is 5.95. The van der Waals surface area contributed by atoms with E-state index in [2.05, 4.69) is 6.92 Å². The molecule has 0 amide bonds. The molecule has 3 N–H and O–H groups in total. The first-order valence-electron chi connectivity index (χ1n) is 8.06. The first-order valence-corrected chi connectivity index (χ1v) is 8.06. The maximum Gasteiger partial charge on any atom is 0.0563 e. The van der Waals surface area contributed by atoms with Gasteiger partial charge in [-0.3, -0.25) is 0 Å². The number of hydrogen-bond donors (Lipinski definition) is 3. The zero-order chi connectivity index (χ0) is 17.9. The molecule has 0 saturated heterocycles. The number of hydrogen-bond acceptors (Lipinski definition) is 3. The van der Waals surface area contributed by atoms with Gasteiger partial charge in [-0.2, -0.15) is 0 Å². The van der Waals surface area contributed by atoms with E-state index in [0.29, 0.717) is 0 Å². The summed E-state index contributed by atoms with van der Waals surface area (Å²) < 4.78 is 0. The average Bonchev–Trinajstić information content (AvgIpc) is 2.44. The molecule has 0 radical (unpaired) electrons. The van der Waals surface area contributed by atoms with Gasteiger partial charge in [-0.25, -0.2) is 0 Å². The monoisotopic (exact) mass is 369 g/mol. The van der Waals surface area contributed by atoms with Crippen molar-refractivity contribution in [3.8, 4) is 0 Å². The Kier molecular flexibility index (Phi) is 24.4. The van der Waals surface area contributed by atoms with Crippen LogP contribution in [-0.2, 0) is 21.7 Å². The molecule has 0 aromatic heterocycles. The van der Waals surface area contributed by atoms with Gasteiger partial charge in [0.2, 0.25) is 0 Å². The third-order valence-corrected chi connectivity index (χ3v) is 1.64. The maximum atomic E-state index is 8.52. The molecule has 4 heteroatoms. The fraction of sp³-hybridized carbons (Fsp3) is 0.947. The fourth-order valence-corrected chi connectivity index (χ4v) is 1.13. The van der Waals surface area contributed by atoms with Crippen molar-refractivity contribution in [2.75, 3.05) is 0 Å². The summed E-state index contributed by atoms with van der Waals surface area (Å²) in [7, 11) is 0. The Balaban J connectivity index is -0.0000000612. The van der Waals surface area contributed by atoms with Crippen molar-refractivity contribution in [1.29, 1.82) is 0 Å². The van der Waals surface area contributed by atoms with Gasteiger partial charge in [-0.05, 0) is 68.2 Å². The van der Waals surface area contributed by atoms with Crippen LogP contribution in [0.15, 0.2) is 0 Å². The van der Waals surface area contributed by atoms with E-state index < -0.39 is 16.8 Å². The van der Waals surface area contributed by atoms with E-state index in [1.165, 1.54) is 25.7 Å². The van der Waals surface area contributed by atoms with E-state index in [1.807, 2.05) is 0 Å². The van der Waals surface area contributed by atoms with Gasteiger partial charge in [-0.15, -0.1) is 0 Å². The quantitative estimate of drug-likeness (QED) is 0.417. The van der Waals surface area contributed by atoms with Gasteiger partial charge < -0.3 is 22.7 Å². The molecular formula is C19H45O3Ti-. The Morgan fingerprint density at radius 1 is 0.609 bits per heavy atom. The predicted molar refractivity (Wildman–Crippen MR) is 100.0 cm³/mol. The maximum absolute atomic E-state index is 8.52. The van der Waals surface area contributed by atoms with E-state index >= 15 is 0 Å². The van der Waals surface area contributed by atoms with Crippen LogP contribution in [0.4, 0.5) is 0 Å². The van der Waals surface area contributed by atoms with Crippen LogP contribution in [-0.4, -0.2) is 32.1 Å². The molecule has 144 valence electrons. The Morgan fingerprint density at radius 3 is 0.783 bits per heavy atom. The third-order valence-electron chi connectivity index (χ3n) is 1.64. The fourth-order valence-electron chi connectivity index (χ4n) is 1.13. The van der Waals surface area contributed by atoms with Crippen LogP contribution in [0.5, 0.6) is 0 Å². The Labute approximate surface area is 162 Å². The smallest absolute Gasteiger partial charge is 0.0563 e. The summed E-state index contributed by atoms with van der Waals surface area (Å²) in [4.78, 5) is 0. The first-order chi connectivity index (χ1) is 8.89. The number of aliphatic hydroxyl groups is 3. The van der Waals surface area contributed by atoms with Crippen molar-refractivity contribution in [1.82, 2.24) is 0 Å². The SMILES string of the molecule is CC(C)(C)O.CC(C)(C)O.CC(C)(C)O.CC1CCCC1.[CH3-].[Ti]. The predicted octanol–water partition coefficient (Wildman–Crippen LogP) is 4.98. The van der Waals surface area contributed by atoms with Crippen LogP contribution < -0.4 is 0 Å². The molecule has 0 spiro atoms. The van der Waals surface area contributed by atoms with E-state index in [9.17, 15) is 0 Å². The van der Waals surface area contributed by atoms with Crippen LogP contribution in [0.2, 0.25) is 0 Å².